The molecule has 0 radical (unpaired) electrons. The molecule has 10 heteroatoms. The standard InChI is InChI=1S/C26H20Cl5N3O2/c27-18-3-6-21(7-4-18)32-26(35)14-34-10-9-33(16-34)13-25(22-8-5-20(29)12-24(22)31)36-15-17-1-2-19(28)11-23(17)30/h1-12,16,25H,13-15H2/p+1. The van der Waals surface area contributed by atoms with Crippen molar-refractivity contribution in [2.24, 2.45) is 0 Å². The highest BCUT2D eigenvalue weighted by Crippen LogP contribution is 2.31. The van der Waals surface area contributed by atoms with Gasteiger partial charge in [0.1, 0.15) is 25.0 Å². The Kier molecular flexibility index (Phi) is 9.18. The maximum atomic E-state index is 12.5. The number of aromatic nitrogens is 2. The van der Waals surface area contributed by atoms with Crippen LogP contribution >= 0.6 is 58.0 Å². The number of halogens is 5. The minimum atomic E-state index is -0.412. The van der Waals surface area contributed by atoms with Gasteiger partial charge in [0, 0.05) is 36.4 Å². The van der Waals surface area contributed by atoms with Crippen LogP contribution in [0.25, 0.3) is 0 Å². The first kappa shape index (κ1) is 26.8. The number of ether oxygens (including phenoxy) is 1. The lowest BCUT2D eigenvalue weighted by Gasteiger charge is -2.19. The molecular weight excluding hydrogens is 564 g/mol. The molecule has 1 N–H and O–H groups in total. The van der Waals surface area contributed by atoms with Crippen LogP contribution in [-0.2, 0) is 29.2 Å². The second kappa shape index (κ2) is 12.3. The number of nitrogens with zero attached hydrogens (tertiary/aromatic N) is 2. The Morgan fingerprint density at radius 2 is 1.56 bits per heavy atom. The average molecular weight is 585 g/mol. The number of imidazole rings is 1. The molecule has 1 aromatic heterocycles. The van der Waals surface area contributed by atoms with Crippen molar-refractivity contribution < 1.29 is 14.1 Å². The van der Waals surface area contributed by atoms with E-state index in [1.165, 1.54) is 0 Å². The van der Waals surface area contributed by atoms with E-state index in [4.69, 9.17) is 62.7 Å². The van der Waals surface area contributed by atoms with Crippen molar-refractivity contribution in [2.45, 2.75) is 25.8 Å². The second-order valence-corrected chi connectivity index (χ2v) is 10.2. The lowest BCUT2D eigenvalue weighted by Crippen LogP contribution is -2.38. The van der Waals surface area contributed by atoms with E-state index in [9.17, 15) is 4.79 Å². The summed E-state index contributed by atoms with van der Waals surface area (Å²) in [6, 6.07) is 17.5. The maximum Gasteiger partial charge on any atom is 0.266 e. The van der Waals surface area contributed by atoms with Crippen molar-refractivity contribution in [3.63, 3.8) is 0 Å². The first-order valence-electron chi connectivity index (χ1n) is 10.9. The van der Waals surface area contributed by atoms with E-state index >= 15 is 0 Å². The Balaban J connectivity index is 1.46. The Morgan fingerprint density at radius 3 is 2.25 bits per heavy atom. The van der Waals surface area contributed by atoms with E-state index in [1.54, 1.807) is 53.1 Å². The molecule has 1 unspecified atom stereocenters. The van der Waals surface area contributed by atoms with Crippen LogP contribution in [0.1, 0.15) is 17.2 Å². The van der Waals surface area contributed by atoms with Crippen molar-refractivity contribution in [3.05, 3.63) is 116 Å². The summed E-state index contributed by atoms with van der Waals surface area (Å²) in [4.78, 5) is 12.5. The van der Waals surface area contributed by atoms with E-state index in [0.717, 1.165) is 11.1 Å². The molecule has 0 aliphatic carbocycles. The van der Waals surface area contributed by atoms with Gasteiger partial charge in [-0.15, -0.1) is 0 Å². The molecule has 1 amide bonds. The summed E-state index contributed by atoms with van der Waals surface area (Å²) >= 11 is 30.8. The smallest absolute Gasteiger partial charge is 0.266 e. The van der Waals surface area contributed by atoms with Gasteiger partial charge >= 0.3 is 0 Å². The van der Waals surface area contributed by atoms with E-state index in [-0.39, 0.29) is 19.1 Å². The van der Waals surface area contributed by atoms with Crippen molar-refractivity contribution in [1.29, 1.82) is 0 Å². The summed E-state index contributed by atoms with van der Waals surface area (Å²) in [5, 5.41) is 5.57. The normalized spacial score (nSPS) is 11.9. The van der Waals surface area contributed by atoms with Gasteiger partial charge in [0.05, 0.1) is 6.61 Å². The van der Waals surface area contributed by atoms with Crippen LogP contribution in [-0.4, -0.2) is 10.5 Å². The summed E-state index contributed by atoms with van der Waals surface area (Å²) in [5.41, 5.74) is 2.26. The van der Waals surface area contributed by atoms with Crippen molar-refractivity contribution in [2.75, 3.05) is 5.32 Å². The Labute approximate surface area is 234 Å². The number of benzene rings is 3. The van der Waals surface area contributed by atoms with Gasteiger partial charge in [-0.3, -0.25) is 4.79 Å². The van der Waals surface area contributed by atoms with E-state index in [0.29, 0.717) is 37.3 Å². The summed E-state index contributed by atoms with van der Waals surface area (Å²) in [5.74, 6) is -0.161. The number of nitrogens with one attached hydrogen (secondary N) is 1. The SMILES string of the molecule is O=C(C[n+]1ccn(CC(OCc2ccc(Cl)cc2Cl)c2ccc(Cl)cc2Cl)c1)Nc1ccc(Cl)cc1. The molecular formula is C26H21Cl5N3O2+. The summed E-state index contributed by atoms with van der Waals surface area (Å²) in [6.45, 7) is 0.839. The zero-order valence-corrected chi connectivity index (χ0v) is 22.6. The van der Waals surface area contributed by atoms with Gasteiger partial charge in [-0.25, -0.2) is 9.13 Å². The van der Waals surface area contributed by atoms with Gasteiger partial charge in [0.2, 0.25) is 6.33 Å². The van der Waals surface area contributed by atoms with Gasteiger partial charge in [0.15, 0.2) is 6.54 Å². The Bertz CT molecular complexity index is 1360. The minimum Gasteiger partial charge on any atom is -0.365 e. The highest BCUT2D eigenvalue weighted by molar-refractivity contribution is 6.35. The molecule has 186 valence electrons. The molecule has 3 aromatic carbocycles. The molecule has 0 fully saturated rings. The molecule has 0 spiro atoms. The molecule has 1 atom stereocenters. The molecule has 0 saturated carbocycles. The van der Waals surface area contributed by atoms with Crippen LogP contribution in [0.4, 0.5) is 5.69 Å². The minimum absolute atomic E-state index is 0.142. The Hall–Kier alpha value is -2.25. The van der Waals surface area contributed by atoms with Crippen LogP contribution < -0.4 is 9.88 Å². The zero-order chi connectivity index (χ0) is 25.7. The van der Waals surface area contributed by atoms with Gasteiger partial charge in [-0.05, 0) is 54.1 Å². The predicted molar refractivity (Wildman–Crippen MR) is 145 cm³/mol. The molecule has 0 saturated heterocycles. The fourth-order valence-corrected chi connectivity index (χ4v) is 4.68. The van der Waals surface area contributed by atoms with Crippen molar-refractivity contribution in [3.8, 4) is 0 Å². The summed E-state index contributed by atoms with van der Waals surface area (Å²) in [7, 11) is 0. The first-order valence-corrected chi connectivity index (χ1v) is 12.8. The first-order chi connectivity index (χ1) is 17.3. The molecule has 1 heterocycles. The van der Waals surface area contributed by atoms with Gasteiger partial charge in [-0.1, -0.05) is 70.1 Å². The second-order valence-electron chi connectivity index (χ2n) is 8.04. The van der Waals surface area contributed by atoms with E-state index in [1.807, 2.05) is 35.4 Å². The van der Waals surface area contributed by atoms with Crippen LogP contribution in [0, 0.1) is 0 Å². The third-order valence-electron chi connectivity index (χ3n) is 5.34. The van der Waals surface area contributed by atoms with Crippen LogP contribution in [0.5, 0.6) is 0 Å². The summed E-state index contributed by atoms with van der Waals surface area (Å²) < 4.78 is 9.97. The molecule has 0 aliphatic heterocycles. The molecule has 4 rings (SSSR count). The quantitative estimate of drug-likeness (QED) is 0.206. The molecule has 36 heavy (non-hydrogen) atoms. The third-order valence-corrected chi connectivity index (χ3v) is 6.74. The topological polar surface area (TPSA) is 47.1 Å². The van der Waals surface area contributed by atoms with E-state index < -0.39 is 6.10 Å². The monoisotopic (exact) mass is 582 g/mol. The van der Waals surface area contributed by atoms with Crippen molar-refractivity contribution >= 4 is 69.6 Å². The summed E-state index contributed by atoms with van der Waals surface area (Å²) in [6.07, 6.45) is 5.10. The molecule has 5 nitrogen and oxygen atoms in total. The van der Waals surface area contributed by atoms with Gasteiger partial charge in [-0.2, -0.15) is 0 Å². The zero-order valence-electron chi connectivity index (χ0n) is 18.8. The number of anilines is 1. The molecule has 0 bridgehead atoms. The average Bonchev–Trinajstić information content (AvgIpc) is 3.26. The highest BCUT2D eigenvalue weighted by atomic mass is 35.5. The third kappa shape index (κ3) is 7.39. The highest BCUT2D eigenvalue weighted by Gasteiger charge is 2.21. The van der Waals surface area contributed by atoms with Crippen LogP contribution in [0.15, 0.2) is 79.4 Å². The van der Waals surface area contributed by atoms with Crippen LogP contribution in [0.3, 0.4) is 0 Å². The number of hydrogen-bond acceptors (Lipinski definition) is 2. The number of rotatable bonds is 9. The van der Waals surface area contributed by atoms with Crippen LogP contribution in [0.2, 0.25) is 25.1 Å². The number of amides is 1. The fourth-order valence-electron chi connectivity index (χ4n) is 3.56. The van der Waals surface area contributed by atoms with Crippen molar-refractivity contribution in [1.82, 2.24) is 4.57 Å². The van der Waals surface area contributed by atoms with Gasteiger partial charge < -0.3 is 10.1 Å². The lowest BCUT2D eigenvalue weighted by atomic mass is 10.1. The molecule has 4 aromatic rings. The maximum absolute atomic E-state index is 12.5. The number of hydrogen-bond donors (Lipinski definition) is 1. The lowest BCUT2D eigenvalue weighted by molar-refractivity contribution is -0.683. The van der Waals surface area contributed by atoms with E-state index in [2.05, 4.69) is 5.32 Å². The number of carbonyl (C=O) groups is 1. The largest absolute Gasteiger partial charge is 0.365 e. The van der Waals surface area contributed by atoms with Gasteiger partial charge in [0.25, 0.3) is 5.91 Å². The predicted octanol–water partition coefficient (Wildman–Crippen LogP) is 7.64. The Morgan fingerprint density at radius 1 is 0.889 bits per heavy atom. The fraction of sp³-hybridized carbons (Fsp3) is 0.154. The molecule has 0 aliphatic rings. The number of carbonyl (C=O) groups excluding carboxylic acids is 1.